The van der Waals surface area contributed by atoms with Crippen LogP contribution in [0.2, 0.25) is 0 Å². The molecular formula is C29H48N2O2. The molecule has 0 aromatic carbocycles. The summed E-state index contributed by atoms with van der Waals surface area (Å²) in [5.74, 6) is 4.47. The van der Waals surface area contributed by atoms with Gasteiger partial charge in [-0.15, -0.1) is 0 Å². The number of hydrogen-bond donors (Lipinski definition) is 0. The first-order valence-corrected chi connectivity index (χ1v) is 14.0. The van der Waals surface area contributed by atoms with Crippen molar-refractivity contribution in [3.05, 3.63) is 0 Å². The Morgan fingerprint density at radius 3 is 2.18 bits per heavy atom. The van der Waals surface area contributed by atoms with Crippen LogP contribution < -0.4 is 0 Å². The Morgan fingerprint density at radius 1 is 0.879 bits per heavy atom. The maximum atomic E-state index is 13.8. The summed E-state index contributed by atoms with van der Waals surface area (Å²) in [6.45, 7) is 12.6. The number of likely N-dealkylation sites (tertiary alicyclic amines) is 1. The Kier molecular flexibility index (Phi) is 5.82. The summed E-state index contributed by atoms with van der Waals surface area (Å²) in [7, 11) is 4.49. The number of ketones is 1. The number of nitrogens with zero attached hydrogens (tertiary/aromatic N) is 2. The van der Waals surface area contributed by atoms with E-state index in [1.54, 1.807) is 0 Å². The summed E-state index contributed by atoms with van der Waals surface area (Å²) in [5.41, 5.74) is 0.611. The predicted octanol–water partition coefficient (Wildman–Crippen LogP) is 5.26. The van der Waals surface area contributed by atoms with Crippen molar-refractivity contribution in [3.8, 4) is 0 Å². The molecule has 4 nitrogen and oxygen atoms in total. The second-order valence-electron chi connectivity index (χ2n) is 13.7. The van der Waals surface area contributed by atoms with E-state index in [9.17, 15) is 9.59 Å². The van der Waals surface area contributed by atoms with E-state index >= 15 is 0 Å². The average Bonchev–Trinajstić information content (AvgIpc) is 3.10. The molecule has 5 aliphatic rings. The summed E-state index contributed by atoms with van der Waals surface area (Å²) in [6, 6.07) is 0.511. The lowest BCUT2D eigenvalue weighted by Gasteiger charge is -2.61. The largest absolute Gasteiger partial charge is 0.332 e. The zero-order valence-electron chi connectivity index (χ0n) is 22.3. The van der Waals surface area contributed by atoms with Crippen LogP contribution in [0.3, 0.4) is 0 Å². The van der Waals surface area contributed by atoms with Gasteiger partial charge in [-0.25, -0.2) is 0 Å². The molecule has 186 valence electrons. The fourth-order valence-corrected chi connectivity index (χ4v) is 9.86. The molecule has 0 N–H and O–H groups in total. The number of amides is 1. The van der Waals surface area contributed by atoms with Gasteiger partial charge >= 0.3 is 0 Å². The topological polar surface area (TPSA) is 40.6 Å². The predicted molar refractivity (Wildman–Crippen MR) is 133 cm³/mol. The fourth-order valence-electron chi connectivity index (χ4n) is 9.86. The Balaban J connectivity index is 1.33. The van der Waals surface area contributed by atoms with Crippen LogP contribution in [0, 0.1) is 52.3 Å². The Bertz CT molecular complexity index is 807. The fraction of sp³-hybridized carbons (Fsp3) is 0.931. The molecule has 4 heteroatoms. The molecule has 0 bridgehead atoms. The number of β-lactam (4-membered cyclic amide) rings is 1. The van der Waals surface area contributed by atoms with Crippen molar-refractivity contribution in [2.75, 3.05) is 20.6 Å². The summed E-state index contributed by atoms with van der Waals surface area (Å²) < 4.78 is 0. The molecule has 1 aliphatic heterocycles. The number of fused-ring (bicyclic) bond motifs is 5. The number of hydrogen-bond acceptors (Lipinski definition) is 3. The third-order valence-electron chi connectivity index (χ3n) is 12.1. The number of rotatable bonds is 4. The van der Waals surface area contributed by atoms with Gasteiger partial charge in [0.1, 0.15) is 0 Å². The molecule has 5 rings (SSSR count). The Hall–Kier alpha value is -0.900. The van der Waals surface area contributed by atoms with Gasteiger partial charge in [0.05, 0.1) is 12.0 Å². The minimum atomic E-state index is -0.132. The maximum Gasteiger partial charge on any atom is 0.228 e. The molecule has 0 aromatic heterocycles. The van der Waals surface area contributed by atoms with Crippen LogP contribution in [0.15, 0.2) is 0 Å². The first kappa shape index (κ1) is 23.8. The van der Waals surface area contributed by atoms with Crippen LogP contribution in [0.4, 0.5) is 0 Å². The minimum Gasteiger partial charge on any atom is -0.332 e. The van der Waals surface area contributed by atoms with E-state index in [-0.39, 0.29) is 29.2 Å². The first-order valence-electron chi connectivity index (χ1n) is 14.0. The number of Topliss-reactive ketones (excluding diaryl/α,β-unsaturated/α-hetero) is 1. The van der Waals surface area contributed by atoms with Crippen LogP contribution in [0.25, 0.3) is 0 Å². The monoisotopic (exact) mass is 456 g/mol. The summed E-state index contributed by atoms with van der Waals surface area (Å²) in [5, 5.41) is 0. The van der Waals surface area contributed by atoms with Crippen molar-refractivity contribution in [2.24, 2.45) is 52.3 Å². The lowest BCUT2D eigenvalue weighted by atomic mass is 9.44. The van der Waals surface area contributed by atoms with Gasteiger partial charge in [-0.2, -0.15) is 0 Å². The zero-order valence-corrected chi connectivity index (χ0v) is 22.3. The third-order valence-corrected chi connectivity index (χ3v) is 12.1. The van der Waals surface area contributed by atoms with Crippen molar-refractivity contribution in [1.29, 1.82) is 0 Å². The van der Waals surface area contributed by atoms with E-state index in [0.29, 0.717) is 29.1 Å². The van der Waals surface area contributed by atoms with Gasteiger partial charge in [0, 0.05) is 18.5 Å². The highest BCUT2D eigenvalue weighted by Crippen LogP contribution is 2.67. The van der Waals surface area contributed by atoms with Crippen LogP contribution in [0.5, 0.6) is 0 Å². The van der Waals surface area contributed by atoms with Crippen molar-refractivity contribution in [2.45, 2.75) is 98.1 Å². The van der Waals surface area contributed by atoms with E-state index in [4.69, 9.17) is 0 Å². The smallest absolute Gasteiger partial charge is 0.228 e. The molecule has 2 unspecified atom stereocenters. The van der Waals surface area contributed by atoms with Gasteiger partial charge in [-0.1, -0.05) is 27.7 Å². The molecule has 5 fully saturated rings. The lowest BCUT2D eigenvalue weighted by Crippen LogP contribution is -2.65. The normalized spacial score (nSPS) is 48.4. The van der Waals surface area contributed by atoms with Crippen molar-refractivity contribution < 1.29 is 9.59 Å². The van der Waals surface area contributed by atoms with E-state index in [1.165, 1.54) is 32.1 Å². The minimum absolute atomic E-state index is 0.132. The Labute approximate surface area is 202 Å². The van der Waals surface area contributed by atoms with Gasteiger partial charge in [-0.3, -0.25) is 9.59 Å². The van der Waals surface area contributed by atoms with Crippen molar-refractivity contribution >= 4 is 11.7 Å². The highest BCUT2D eigenvalue weighted by molar-refractivity contribution is 5.95. The number of carbonyl (C=O) groups is 2. The van der Waals surface area contributed by atoms with Crippen LogP contribution in [-0.2, 0) is 9.59 Å². The molecule has 33 heavy (non-hydrogen) atoms. The van der Waals surface area contributed by atoms with Gasteiger partial charge in [0.2, 0.25) is 5.91 Å². The van der Waals surface area contributed by atoms with E-state index in [1.807, 2.05) is 4.90 Å². The van der Waals surface area contributed by atoms with Gasteiger partial charge in [0.25, 0.3) is 0 Å². The molecule has 1 heterocycles. The SMILES string of the molecule is CC(C)C1CN([C@@H]2CC[C@@]3(C)[C@@H](CC[C@@H]4[C@@H]3CC[C@]3(C)[C@@H](C(C)N(C)C)CC[C@@H]43)C2=O)C1=O. The quantitative estimate of drug-likeness (QED) is 0.542. The molecule has 0 spiro atoms. The molecule has 10 atom stereocenters. The summed E-state index contributed by atoms with van der Waals surface area (Å²) >= 11 is 0. The van der Waals surface area contributed by atoms with E-state index in [0.717, 1.165) is 43.6 Å². The highest BCUT2D eigenvalue weighted by Gasteiger charge is 2.63. The van der Waals surface area contributed by atoms with E-state index in [2.05, 4.69) is 53.6 Å². The van der Waals surface area contributed by atoms with Crippen LogP contribution >= 0.6 is 0 Å². The van der Waals surface area contributed by atoms with E-state index < -0.39 is 0 Å². The summed E-state index contributed by atoms with van der Waals surface area (Å²) in [4.78, 5) is 31.0. The molecular weight excluding hydrogens is 408 g/mol. The van der Waals surface area contributed by atoms with Crippen molar-refractivity contribution in [1.82, 2.24) is 9.80 Å². The Morgan fingerprint density at radius 2 is 1.55 bits per heavy atom. The first-order chi connectivity index (χ1) is 15.5. The zero-order chi connectivity index (χ0) is 23.9. The molecule has 4 aliphatic carbocycles. The van der Waals surface area contributed by atoms with Gasteiger partial charge < -0.3 is 9.80 Å². The maximum absolute atomic E-state index is 13.8. The summed E-state index contributed by atoms with van der Waals surface area (Å²) in [6.07, 6.45) is 9.72. The average molecular weight is 457 g/mol. The van der Waals surface area contributed by atoms with Gasteiger partial charge in [-0.05, 0) is 113 Å². The van der Waals surface area contributed by atoms with Gasteiger partial charge in [0.15, 0.2) is 5.78 Å². The molecule has 0 radical (unpaired) electrons. The van der Waals surface area contributed by atoms with Crippen LogP contribution in [-0.4, -0.2) is 54.2 Å². The third kappa shape index (κ3) is 3.32. The molecule has 0 aromatic rings. The molecule has 4 saturated carbocycles. The van der Waals surface area contributed by atoms with Crippen LogP contribution in [0.1, 0.15) is 86.0 Å². The second-order valence-corrected chi connectivity index (χ2v) is 13.7. The second kappa shape index (κ2) is 8.07. The standard InChI is InChI=1S/C29H48N2O2/c1-17(2)20-16-31(27(20)33)25-13-15-29(5)23-12-14-28(4)21(18(3)30(6)7)10-11-22(28)19(23)8-9-24(29)26(25)32/h17-25H,8-16H2,1-7H3/t18?,19-,20?,21+,22-,23-,24-,25+,28+,29+/m0/s1. The molecule has 1 saturated heterocycles. The van der Waals surface area contributed by atoms with Crippen molar-refractivity contribution in [3.63, 3.8) is 0 Å². The molecule has 1 amide bonds. The number of carbonyl (C=O) groups excluding carboxylic acids is 2. The lowest BCUT2D eigenvalue weighted by molar-refractivity contribution is -0.171. The highest BCUT2D eigenvalue weighted by atomic mass is 16.2.